The van der Waals surface area contributed by atoms with Crippen LogP contribution in [-0.4, -0.2) is 35.1 Å². The van der Waals surface area contributed by atoms with E-state index in [0.29, 0.717) is 34.9 Å². The van der Waals surface area contributed by atoms with Gasteiger partial charge in [-0.05, 0) is 18.2 Å². The summed E-state index contributed by atoms with van der Waals surface area (Å²) in [5, 5.41) is 31.4. The summed E-state index contributed by atoms with van der Waals surface area (Å²) in [5.74, 6) is -0.407. The molecule has 26 heavy (non-hydrogen) atoms. The second kappa shape index (κ2) is 8.36. The maximum atomic E-state index is 11.2. The van der Waals surface area contributed by atoms with Crippen molar-refractivity contribution in [2.45, 2.75) is 13.0 Å². The molecule has 2 rings (SSSR count). The maximum Gasteiger partial charge on any atom is 0.346 e. The summed E-state index contributed by atoms with van der Waals surface area (Å²) < 4.78 is 12.2. The predicted octanol–water partition coefficient (Wildman–Crippen LogP) is 2.47. The van der Waals surface area contributed by atoms with Gasteiger partial charge in [-0.15, -0.1) is 0 Å². The molecule has 0 atom stereocenters. The SMILES string of the molecule is COc1cccc(-c2nn(CCC#N)cc2/C=C(\C#N)C(=O)O)c1OC. The van der Waals surface area contributed by atoms with Gasteiger partial charge in [-0.3, -0.25) is 4.68 Å². The number of hydrogen-bond donors (Lipinski definition) is 1. The Morgan fingerprint density at radius 3 is 2.69 bits per heavy atom. The van der Waals surface area contributed by atoms with Crippen LogP contribution in [0.2, 0.25) is 0 Å². The monoisotopic (exact) mass is 352 g/mol. The molecule has 0 saturated heterocycles. The van der Waals surface area contributed by atoms with E-state index >= 15 is 0 Å². The van der Waals surface area contributed by atoms with Crippen LogP contribution in [0.4, 0.5) is 0 Å². The average molecular weight is 352 g/mol. The number of nitriles is 2. The van der Waals surface area contributed by atoms with Gasteiger partial charge in [0.15, 0.2) is 11.5 Å². The van der Waals surface area contributed by atoms with E-state index in [0.717, 1.165) is 0 Å². The summed E-state index contributed by atoms with van der Waals surface area (Å²) in [5.41, 5.74) is 1.01. The standard InChI is InChI=1S/C18H16N4O4/c1-25-15-6-3-5-14(17(15)26-2)16-13(9-12(10-20)18(23)24)11-22(21-16)8-4-7-19/h3,5-6,9,11H,4,8H2,1-2H3,(H,23,24)/b12-9+. The van der Waals surface area contributed by atoms with E-state index in [1.165, 1.54) is 25.0 Å². The van der Waals surface area contributed by atoms with Crippen molar-refractivity contribution >= 4 is 12.0 Å². The summed E-state index contributed by atoms with van der Waals surface area (Å²) in [6, 6.07) is 8.90. The van der Waals surface area contributed by atoms with Gasteiger partial charge in [-0.1, -0.05) is 6.07 Å². The van der Waals surface area contributed by atoms with Crippen LogP contribution in [0.25, 0.3) is 17.3 Å². The molecule has 8 heteroatoms. The molecule has 0 fully saturated rings. The highest BCUT2D eigenvalue weighted by Crippen LogP contribution is 2.39. The summed E-state index contributed by atoms with van der Waals surface area (Å²) in [7, 11) is 2.99. The minimum atomic E-state index is -1.33. The molecule has 0 amide bonds. The average Bonchev–Trinajstić information content (AvgIpc) is 3.05. The van der Waals surface area contributed by atoms with E-state index in [4.69, 9.17) is 25.1 Å². The topological polar surface area (TPSA) is 121 Å². The normalized spacial score (nSPS) is 10.7. The third-order valence-electron chi connectivity index (χ3n) is 3.55. The molecule has 8 nitrogen and oxygen atoms in total. The number of ether oxygens (including phenoxy) is 2. The molecular formula is C18H16N4O4. The number of nitrogens with zero attached hydrogens (tertiary/aromatic N) is 4. The van der Waals surface area contributed by atoms with Crippen molar-refractivity contribution in [2.75, 3.05) is 14.2 Å². The number of aliphatic carboxylic acids is 1. The van der Waals surface area contributed by atoms with E-state index in [1.807, 2.05) is 6.07 Å². The van der Waals surface area contributed by atoms with Crippen molar-refractivity contribution in [1.29, 1.82) is 10.5 Å². The number of aromatic nitrogens is 2. The Kier molecular flexibility index (Phi) is 5.96. The fourth-order valence-corrected chi connectivity index (χ4v) is 2.40. The lowest BCUT2D eigenvalue weighted by Crippen LogP contribution is -1.98. The minimum Gasteiger partial charge on any atom is -0.493 e. The van der Waals surface area contributed by atoms with Gasteiger partial charge in [0.2, 0.25) is 0 Å². The molecule has 1 heterocycles. The number of carbonyl (C=O) groups is 1. The highest BCUT2D eigenvalue weighted by Gasteiger charge is 2.19. The summed E-state index contributed by atoms with van der Waals surface area (Å²) in [6.07, 6.45) is 3.07. The maximum absolute atomic E-state index is 11.2. The lowest BCUT2D eigenvalue weighted by atomic mass is 10.0. The zero-order valence-corrected chi connectivity index (χ0v) is 14.3. The van der Waals surface area contributed by atoms with Gasteiger partial charge in [-0.25, -0.2) is 4.79 Å². The Morgan fingerprint density at radius 1 is 1.35 bits per heavy atom. The largest absolute Gasteiger partial charge is 0.493 e. The zero-order chi connectivity index (χ0) is 19.1. The first-order valence-corrected chi connectivity index (χ1v) is 7.56. The molecule has 1 aromatic carbocycles. The van der Waals surface area contributed by atoms with Crippen LogP contribution in [0.1, 0.15) is 12.0 Å². The van der Waals surface area contributed by atoms with E-state index < -0.39 is 11.5 Å². The molecule has 0 aliphatic carbocycles. The molecule has 0 aliphatic heterocycles. The van der Waals surface area contributed by atoms with E-state index in [2.05, 4.69) is 5.10 Å². The molecule has 0 saturated carbocycles. The molecule has 0 unspecified atom stereocenters. The smallest absolute Gasteiger partial charge is 0.346 e. The highest BCUT2D eigenvalue weighted by atomic mass is 16.5. The number of para-hydroxylation sites is 1. The van der Waals surface area contributed by atoms with Crippen LogP contribution in [0.3, 0.4) is 0 Å². The van der Waals surface area contributed by atoms with Gasteiger partial charge in [0.05, 0.1) is 33.3 Å². The minimum absolute atomic E-state index is 0.240. The van der Waals surface area contributed by atoms with Gasteiger partial charge < -0.3 is 14.6 Å². The van der Waals surface area contributed by atoms with Gasteiger partial charge >= 0.3 is 5.97 Å². The molecular weight excluding hydrogens is 336 g/mol. The lowest BCUT2D eigenvalue weighted by Gasteiger charge is -2.11. The third-order valence-corrected chi connectivity index (χ3v) is 3.55. The summed E-state index contributed by atoms with van der Waals surface area (Å²) in [4.78, 5) is 11.2. The van der Waals surface area contributed by atoms with Gasteiger partial charge in [0, 0.05) is 17.3 Å². The molecule has 2 aromatic rings. The Hall–Kier alpha value is -3.78. The van der Waals surface area contributed by atoms with Crippen molar-refractivity contribution in [1.82, 2.24) is 9.78 Å². The Balaban J connectivity index is 2.68. The molecule has 0 aliphatic rings. The van der Waals surface area contributed by atoms with Gasteiger partial charge in [-0.2, -0.15) is 15.6 Å². The summed E-state index contributed by atoms with van der Waals surface area (Å²) >= 11 is 0. The molecule has 0 radical (unpaired) electrons. The van der Waals surface area contributed by atoms with Crippen LogP contribution >= 0.6 is 0 Å². The molecule has 132 valence electrons. The molecule has 1 aromatic heterocycles. The van der Waals surface area contributed by atoms with Crippen molar-refractivity contribution in [3.05, 3.63) is 35.5 Å². The van der Waals surface area contributed by atoms with E-state index in [9.17, 15) is 4.79 Å². The summed E-state index contributed by atoms with van der Waals surface area (Å²) in [6.45, 7) is 0.332. The quantitative estimate of drug-likeness (QED) is 0.600. The van der Waals surface area contributed by atoms with Crippen LogP contribution in [0, 0.1) is 22.7 Å². The lowest BCUT2D eigenvalue weighted by molar-refractivity contribution is -0.132. The second-order valence-electron chi connectivity index (χ2n) is 5.12. The fraction of sp³-hybridized carbons (Fsp3) is 0.222. The van der Waals surface area contributed by atoms with Gasteiger partial charge in [0.25, 0.3) is 0 Å². The number of carboxylic acid groups (broad SMARTS) is 1. The highest BCUT2D eigenvalue weighted by molar-refractivity contribution is 5.97. The van der Waals surface area contributed by atoms with Crippen molar-refractivity contribution in [3.63, 3.8) is 0 Å². The van der Waals surface area contributed by atoms with Crippen molar-refractivity contribution < 1.29 is 19.4 Å². The van der Waals surface area contributed by atoms with E-state index in [-0.39, 0.29) is 6.42 Å². The first-order chi connectivity index (χ1) is 12.5. The number of aryl methyl sites for hydroxylation is 1. The number of hydrogen-bond acceptors (Lipinski definition) is 6. The van der Waals surface area contributed by atoms with Crippen LogP contribution in [0.15, 0.2) is 30.0 Å². The third kappa shape index (κ3) is 3.82. The number of carboxylic acids is 1. The van der Waals surface area contributed by atoms with Crippen molar-refractivity contribution in [3.8, 4) is 34.9 Å². The molecule has 0 spiro atoms. The zero-order valence-electron chi connectivity index (χ0n) is 14.3. The van der Waals surface area contributed by atoms with Crippen molar-refractivity contribution in [2.24, 2.45) is 0 Å². The Bertz CT molecular complexity index is 932. The predicted molar refractivity (Wildman–Crippen MR) is 92.2 cm³/mol. The first kappa shape index (κ1) is 18.6. The number of benzene rings is 1. The first-order valence-electron chi connectivity index (χ1n) is 7.56. The van der Waals surface area contributed by atoms with Crippen LogP contribution in [0.5, 0.6) is 11.5 Å². The Labute approximate surface area is 150 Å². The number of methoxy groups -OCH3 is 2. The van der Waals surface area contributed by atoms with Crippen LogP contribution in [-0.2, 0) is 11.3 Å². The molecule has 1 N–H and O–H groups in total. The Morgan fingerprint density at radius 2 is 2.12 bits per heavy atom. The second-order valence-corrected chi connectivity index (χ2v) is 5.12. The molecule has 0 bridgehead atoms. The fourth-order valence-electron chi connectivity index (χ4n) is 2.40. The van der Waals surface area contributed by atoms with Gasteiger partial charge in [0.1, 0.15) is 17.3 Å². The van der Waals surface area contributed by atoms with E-state index in [1.54, 1.807) is 30.5 Å². The van der Waals surface area contributed by atoms with Crippen LogP contribution < -0.4 is 9.47 Å². The number of rotatable bonds is 7.